The highest BCUT2D eigenvalue weighted by atomic mass is 19.4. The SMILES string of the molecule is NC(=O)NN=Cc1cc(C(F)(F)F)cc(C(F)(F)F)c1. The Hall–Kier alpha value is -2.26. The van der Waals surface area contributed by atoms with Crippen LogP contribution in [0, 0.1) is 0 Å². The van der Waals surface area contributed by atoms with E-state index in [2.05, 4.69) is 10.8 Å². The minimum Gasteiger partial charge on any atom is -0.350 e. The van der Waals surface area contributed by atoms with Gasteiger partial charge >= 0.3 is 18.4 Å². The van der Waals surface area contributed by atoms with Crippen molar-refractivity contribution in [3.63, 3.8) is 0 Å². The zero-order valence-electron chi connectivity index (χ0n) is 9.51. The number of carbonyl (C=O) groups is 1. The van der Waals surface area contributed by atoms with Gasteiger partial charge in [-0.1, -0.05) is 0 Å². The lowest BCUT2D eigenvalue weighted by molar-refractivity contribution is -0.143. The highest BCUT2D eigenvalue weighted by Crippen LogP contribution is 2.35. The maximum atomic E-state index is 12.5. The number of rotatable bonds is 2. The van der Waals surface area contributed by atoms with Crippen LogP contribution in [0.15, 0.2) is 23.3 Å². The van der Waals surface area contributed by atoms with Crippen LogP contribution >= 0.6 is 0 Å². The molecule has 0 unspecified atom stereocenters. The number of nitrogens with one attached hydrogen (secondary N) is 1. The van der Waals surface area contributed by atoms with Gasteiger partial charge in [0, 0.05) is 0 Å². The number of nitrogens with two attached hydrogens (primary N) is 1. The van der Waals surface area contributed by atoms with E-state index in [1.165, 1.54) is 0 Å². The minimum absolute atomic E-state index is 0.0150. The van der Waals surface area contributed by atoms with E-state index in [0.29, 0.717) is 18.3 Å². The number of benzene rings is 1. The fourth-order valence-corrected chi connectivity index (χ4v) is 1.22. The van der Waals surface area contributed by atoms with Gasteiger partial charge in [-0.05, 0) is 23.8 Å². The monoisotopic (exact) mass is 299 g/mol. The molecule has 1 aromatic carbocycles. The molecule has 0 saturated carbocycles. The fourth-order valence-electron chi connectivity index (χ4n) is 1.22. The molecule has 0 atom stereocenters. The van der Waals surface area contributed by atoms with Gasteiger partial charge in [-0.15, -0.1) is 0 Å². The predicted octanol–water partition coefficient (Wildman–Crippen LogP) is 2.73. The first-order valence-corrected chi connectivity index (χ1v) is 4.88. The molecule has 1 rings (SSSR count). The average molecular weight is 299 g/mol. The Morgan fingerprint density at radius 3 is 1.85 bits per heavy atom. The maximum Gasteiger partial charge on any atom is 0.416 e. The van der Waals surface area contributed by atoms with Crippen LogP contribution in [0.2, 0.25) is 0 Å². The molecule has 0 bridgehead atoms. The molecule has 20 heavy (non-hydrogen) atoms. The largest absolute Gasteiger partial charge is 0.416 e. The fraction of sp³-hybridized carbons (Fsp3) is 0.200. The van der Waals surface area contributed by atoms with Gasteiger partial charge in [0.05, 0.1) is 17.3 Å². The van der Waals surface area contributed by atoms with Crippen molar-refractivity contribution in [3.8, 4) is 0 Å². The molecule has 0 aromatic heterocycles. The Morgan fingerprint density at radius 2 is 1.50 bits per heavy atom. The second-order valence-corrected chi connectivity index (χ2v) is 3.57. The van der Waals surface area contributed by atoms with Crippen molar-refractivity contribution in [3.05, 3.63) is 34.9 Å². The van der Waals surface area contributed by atoms with Gasteiger partial charge in [0.15, 0.2) is 0 Å². The van der Waals surface area contributed by atoms with E-state index >= 15 is 0 Å². The van der Waals surface area contributed by atoms with Crippen LogP contribution < -0.4 is 11.2 Å². The number of primary amides is 1. The lowest BCUT2D eigenvalue weighted by Crippen LogP contribution is -2.24. The normalized spacial score (nSPS) is 12.7. The summed E-state index contributed by atoms with van der Waals surface area (Å²) >= 11 is 0. The average Bonchev–Trinajstić information content (AvgIpc) is 2.25. The van der Waals surface area contributed by atoms with E-state index in [-0.39, 0.29) is 6.07 Å². The summed E-state index contributed by atoms with van der Waals surface area (Å²) in [5, 5.41) is 3.10. The molecule has 0 aliphatic carbocycles. The van der Waals surface area contributed by atoms with Gasteiger partial charge in [0.1, 0.15) is 0 Å². The van der Waals surface area contributed by atoms with Crippen LogP contribution in [-0.4, -0.2) is 12.2 Å². The zero-order valence-corrected chi connectivity index (χ0v) is 9.51. The third kappa shape index (κ3) is 4.44. The zero-order chi connectivity index (χ0) is 15.6. The second kappa shape index (κ2) is 5.39. The lowest BCUT2D eigenvalue weighted by atomic mass is 10.1. The van der Waals surface area contributed by atoms with Crippen molar-refractivity contribution in [1.29, 1.82) is 0 Å². The minimum atomic E-state index is -4.94. The van der Waals surface area contributed by atoms with E-state index in [4.69, 9.17) is 0 Å². The third-order valence-electron chi connectivity index (χ3n) is 2.00. The van der Waals surface area contributed by atoms with E-state index in [0.717, 1.165) is 0 Å². The molecule has 4 nitrogen and oxygen atoms in total. The van der Waals surface area contributed by atoms with Gasteiger partial charge in [0.2, 0.25) is 0 Å². The van der Waals surface area contributed by atoms with Gasteiger partial charge in [-0.25, -0.2) is 10.2 Å². The summed E-state index contributed by atoms with van der Waals surface area (Å²) in [7, 11) is 0. The van der Waals surface area contributed by atoms with Crippen LogP contribution in [0.5, 0.6) is 0 Å². The number of hydrazone groups is 1. The molecule has 0 fully saturated rings. The Balaban J connectivity index is 3.24. The van der Waals surface area contributed by atoms with Crippen molar-refractivity contribution in [2.45, 2.75) is 12.4 Å². The number of halogens is 6. The third-order valence-corrected chi connectivity index (χ3v) is 2.00. The molecule has 0 heterocycles. The Bertz CT molecular complexity index is 503. The molecule has 0 radical (unpaired) electrons. The van der Waals surface area contributed by atoms with Gasteiger partial charge in [-0.2, -0.15) is 31.4 Å². The van der Waals surface area contributed by atoms with Gasteiger partial charge < -0.3 is 5.73 Å². The van der Waals surface area contributed by atoms with E-state index < -0.39 is 35.1 Å². The lowest BCUT2D eigenvalue weighted by Gasteiger charge is -2.12. The summed E-state index contributed by atoms with van der Waals surface area (Å²) in [5.41, 5.74) is 2.84. The number of hydrogen-bond donors (Lipinski definition) is 2. The van der Waals surface area contributed by atoms with Gasteiger partial charge in [0.25, 0.3) is 0 Å². The Labute approximate surface area is 108 Å². The van der Waals surface area contributed by atoms with Crippen LogP contribution in [-0.2, 0) is 12.4 Å². The number of nitrogens with zero attached hydrogens (tertiary/aromatic N) is 1. The molecule has 2 amide bonds. The number of amides is 2. The summed E-state index contributed by atoms with van der Waals surface area (Å²) in [6, 6.07) is -0.203. The quantitative estimate of drug-likeness (QED) is 0.492. The molecule has 10 heteroatoms. The molecule has 1 aromatic rings. The number of hydrogen-bond acceptors (Lipinski definition) is 2. The summed E-state index contributed by atoms with van der Waals surface area (Å²) < 4.78 is 74.9. The van der Waals surface area contributed by atoms with Crippen molar-refractivity contribution in [2.24, 2.45) is 10.8 Å². The maximum absolute atomic E-state index is 12.5. The topological polar surface area (TPSA) is 67.5 Å². The van der Waals surface area contributed by atoms with Crippen molar-refractivity contribution < 1.29 is 31.1 Å². The van der Waals surface area contributed by atoms with Crippen molar-refractivity contribution in [2.75, 3.05) is 0 Å². The molecule has 0 saturated heterocycles. The molecule has 110 valence electrons. The first-order valence-electron chi connectivity index (χ1n) is 4.88. The first-order chi connectivity index (χ1) is 9.00. The number of carbonyl (C=O) groups excluding carboxylic acids is 1. The molecule has 0 spiro atoms. The molecule has 0 aliphatic rings. The van der Waals surface area contributed by atoms with Gasteiger partial charge in [-0.3, -0.25) is 0 Å². The number of urea groups is 1. The standard InChI is InChI=1S/C10H7F6N3O/c11-9(12,13)6-1-5(4-18-19-8(17)20)2-7(3-6)10(14,15)16/h1-4H,(H3,17,19,20). The van der Waals surface area contributed by atoms with Crippen LogP contribution in [0.4, 0.5) is 31.1 Å². The van der Waals surface area contributed by atoms with E-state index in [1.807, 2.05) is 0 Å². The van der Waals surface area contributed by atoms with Crippen molar-refractivity contribution in [1.82, 2.24) is 5.43 Å². The highest BCUT2D eigenvalue weighted by molar-refractivity contribution is 5.82. The van der Waals surface area contributed by atoms with E-state index in [9.17, 15) is 31.1 Å². The first kappa shape index (κ1) is 15.8. The molecule has 0 aliphatic heterocycles. The summed E-state index contributed by atoms with van der Waals surface area (Å²) in [6.45, 7) is 0. The van der Waals surface area contributed by atoms with E-state index in [1.54, 1.807) is 5.43 Å². The summed E-state index contributed by atoms with van der Waals surface area (Å²) in [6.07, 6.45) is -9.27. The highest BCUT2D eigenvalue weighted by Gasteiger charge is 2.36. The smallest absolute Gasteiger partial charge is 0.350 e. The molecular weight excluding hydrogens is 292 g/mol. The second-order valence-electron chi connectivity index (χ2n) is 3.57. The molecular formula is C10H7F6N3O. The Kier molecular flexibility index (Phi) is 4.26. The summed E-state index contributed by atoms with van der Waals surface area (Å²) in [4.78, 5) is 10.3. The van der Waals surface area contributed by atoms with Crippen LogP contribution in [0.3, 0.4) is 0 Å². The van der Waals surface area contributed by atoms with Crippen molar-refractivity contribution >= 4 is 12.2 Å². The summed E-state index contributed by atoms with van der Waals surface area (Å²) in [5.74, 6) is 0. The van der Waals surface area contributed by atoms with Crippen LogP contribution in [0.1, 0.15) is 16.7 Å². The number of alkyl halides is 6. The van der Waals surface area contributed by atoms with Crippen LogP contribution in [0.25, 0.3) is 0 Å². The molecule has 3 N–H and O–H groups in total. The predicted molar refractivity (Wildman–Crippen MR) is 56.8 cm³/mol. The Morgan fingerprint density at radius 1 is 1.05 bits per heavy atom.